The second-order valence-electron chi connectivity index (χ2n) is 8.38. The Kier molecular flexibility index (Phi) is 6.03. The van der Waals surface area contributed by atoms with Crippen LogP contribution in [-0.2, 0) is 9.78 Å². The van der Waals surface area contributed by atoms with E-state index in [0.29, 0.717) is 12.5 Å². The molecule has 3 nitrogen and oxygen atoms in total. The van der Waals surface area contributed by atoms with Gasteiger partial charge in [0.25, 0.3) is 0 Å². The van der Waals surface area contributed by atoms with E-state index in [4.69, 9.17) is 9.78 Å². The van der Waals surface area contributed by atoms with Gasteiger partial charge in [0.05, 0.1) is 0 Å². The van der Waals surface area contributed by atoms with Crippen LogP contribution in [0.2, 0.25) is 0 Å². The van der Waals surface area contributed by atoms with Crippen LogP contribution >= 0.6 is 0 Å². The Morgan fingerprint density at radius 1 is 0.857 bits per heavy atom. The first-order valence-electron chi connectivity index (χ1n) is 10.9. The van der Waals surface area contributed by atoms with Crippen LogP contribution in [0.25, 0.3) is 0 Å². The highest BCUT2D eigenvalue weighted by molar-refractivity contribution is 5.63. The third-order valence-electron chi connectivity index (χ3n) is 6.89. The normalized spacial score (nSPS) is 21.5. The van der Waals surface area contributed by atoms with Crippen molar-refractivity contribution in [3.63, 3.8) is 0 Å². The Labute approximate surface area is 169 Å². The molecule has 1 saturated heterocycles. The zero-order chi connectivity index (χ0) is 19.5. The fourth-order valence-corrected chi connectivity index (χ4v) is 4.77. The van der Waals surface area contributed by atoms with Crippen LogP contribution in [0.15, 0.2) is 48.5 Å². The third-order valence-corrected chi connectivity index (χ3v) is 6.89. The van der Waals surface area contributed by atoms with Crippen LogP contribution < -0.4 is 4.90 Å². The van der Waals surface area contributed by atoms with Crippen molar-refractivity contribution in [2.45, 2.75) is 63.9 Å². The van der Waals surface area contributed by atoms with Crippen molar-refractivity contribution in [1.29, 1.82) is 0 Å². The van der Waals surface area contributed by atoms with Gasteiger partial charge in [-0.05, 0) is 72.9 Å². The van der Waals surface area contributed by atoms with Gasteiger partial charge in [-0.15, -0.1) is 0 Å². The molecule has 2 fully saturated rings. The molecule has 0 bridgehead atoms. The number of rotatable bonds is 8. The summed E-state index contributed by atoms with van der Waals surface area (Å²) in [6.07, 6.45) is 6.73. The number of nitrogens with zero attached hydrogens (tertiary/aromatic N) is 1. The lowest BCUT2D eigenvalue weighted by Crippen LogP contribution is -2.36. The largest absolute Gasteiger partial charge is 0.345 e. The van der Waals surface area contributed by atoms with Crippen molar-refractivity contribution in [3.05, 3.63) is 59.7 Å². The Bertz CT molecular complexity index is 682. The van der Waals surface area contributed by atoms with E-state index in [1.54, 1.807) is 0 Å². The van der Waals surface area contributed by atoms with E-state index < -0.39 is 0 Å². The van der Waals surface area contributed by atoms with Crippen LogP contribution in [0.1, 0.15) is 68.9 Å². The average molecular weight is 380 g/mol. The van der Waals surface area contributed by atoms with E-state index in [1.807, 2.05) is 0 Å². The molecule has 0 N–H and O–H groups in total. The molecule has 150 valence electrons. The molecular formula is C25H33NO2. The molecule has 1 aliphatic carbocycles. The van der Waals surface area contributed by atoms with Crippen LogP contribution in [0.5, 0.6) is 0 Å². The molecule has 0 radical (unpaired) electrons. The van der Waals surface area contributed by atoms with Gasteiger partial charge in [-0.25, -0.2) is 9.78 Å². The van der Waals surface area contributed by atoms with Crippen LogP contribution in [0.4, 0.5) is 11.4 Å². The van der Waals surface area contributed by atoms with Crippen molar-refractivity contribution >= 4 is 11.4 Å². The van der Waals surface area contributed by atoms with E-state index in [1.165, 1.54) is 48.2 Å². The first-order chi connectivity index (χ1) is 13.7. The molecule has 28 heavy (non-hydrogen) atoms. The highest BCUT2D eigenvalue weighted by Gasteiger charge is 2.30. The van der Waals surface area contributed by atoms with Gasteiger partial charge in [0.15, 0.2) is 0 Å². The van der Waals surface area contributed by atoms with Crippen molar-refractivity contribution in [1.82, 2.24) is 0 Å². The molecule has 0 spiro atoms. The maximum Gasteiger partial charge on any atom is 0.126 e. The molecule has 2 aliphatic rings. The van der Waals surface area contributed by atoms with Crippen molar-refractivity contribution in [2.24, 2.45) is 5.92 Å². The van der Waals surface area contributed by atoms with Crippen molar-refractivity contribution in [2.75, 3.05) is 18.6 Å². The standard InChI is InChI=1S/C25H33NO2/c1-4-23(18-7-6-8-18)19-9-13-21(14-10-19)26(3)22-15-11-20(12-16-22)24(5-2)25-17-27-28-25/h9-16,18,23-25H,4-8,17H2,1-3H3. The summed E-state index contributed by atoms with van der Waals surface area (Å²) in [6.45, 7) is 5.24. The lowest BCUT2D eigenvalue weighted by Gasteiger charge is -2.34. The van der Waals surface area contributed by atoms with E-state index in [2.05, 4.69) is 74.3 Å². The molecule has 1 heterocycles. The van der Waals surface area contributed by atoms with Crippen LogP contribution in [0.3, 0.4) is 0 Å². The second kappa shape index (κ2) is 8.67. The highest BCUT2D eigenvalue weighted by Crippen LogP contribution is 2.41. The summed E-state index contributed by atoms with van der Waals surface area (Å²) in [5, 5.41) is 0. The first kappa shape index (κ1) is 19.5. The average Bonchev–Trinajstić information content (AvgIpc) is 2.67. The summed E-state index contributed by atoms with van der Waals surface area (Å²) in [4.78, 5) is 12.4. The summed E-state index contributed by atoms with van der Waals surface area (Å²) in [6, 6.07) is 18.1. The Morgan fingerprint density at radius 3 is 1.71 bits per heavy atom. The highest BCUT2D eigenvalue weighted by atomic mass is 17.2. The summed E-state index contributed by atoms with van der Waals surface area (Å²) < 4.78 is 0. The molecule has 4 rings (SSSR count). The van der Waals surface area contributed by atoms with Crippen LogP contribution in [-0.4, -0.2) is 19.8 Å². The predicted molar refractivity (Wildman–Crippen MR) is 115 cm³/mol. The molecule has 0 amide bonds. The smallest absolute Gasteiger partial charge is 0.126 e. The van der Waals surface area contributed by atoms with Crippen molar-refractivity contribution < 1.29 is 9.78 Å². The van der Waals surface area contributed by atoms with E-state index in [9.17, 15) is 0 Å². The summed E-state index contributed by atoms with van der Waals surface area (Å²) >= 11 is 0. The topological polar surface area (TPSA) is 21.7 Å². The fourth-order valence-electron chi connectivity index (χ4n) is 4.77. The molecular weight excluding hydrogens is 346 g/mol. The van der Waals surface area contributed by atoms with Gasteiger partial charge >= 0.3 is 0 Å². The fraction of sp³-hybridized carbons (Fsp3) is 0.520. The van der Waals surface area contributed by atoms with Gasteiger partial charge in [-0.3, -0.25) is 0 Å². The van der Waals surface area contributed by atoms with E-state index in [-0.39, 0.29) is 6.10 Å². The van der Waals surface area contributed by atoms with Gasteiger partial charge in [0.2, 0.25) is 0 Å². The molecule has 1 saturated carbocycles. The number of benzene rings is 2. The van der Waals surface area contributed by atoms with Crippen LogP contribution in [0, 0.1) is 5.92 Å². The summed E-state index contributed by atoms with van der Waals surface area (Å²) in [5.74, 6) is 2.04. The molecule has 1 aliphatic heterocycles. The molecule has 3 unspecified atom stereocenters. The quantitative estimate of drug-likeness (QED) is 0.484. The Morgan fingerprint density at radius 2 is 1.36 bits per heavy atom. The molecule has 3 heteroatoms. The van der Waals surface area contributed by atoms with Gasteiger partial charge in [-0.1, -0.05) is 44.5 Å². The monoisotopic (exact) mass is 379 g/mol. The van der Waals surface area contributed by atoms with Crippen molar-refractivity contribution in [3.8, 4) is 0 Å². The lowest BCUT2D eigenvalue weighted by atomic mass is 9.72. The second-order valence-corrected chi connectivity index (χ2v) is 8.38. The van der Waals surface area contributed by atoms with E-state index in [0.717, 1.165) is 18.3 Å². The molecule has 3 atom stereocenters. The molecule has 0 aromatic heterocycles. The van der Waals surface area contributed by atoms with Gasteiger partial charge < -0.3 is 4.90 Å². The number of anilines is 2. The molecule has 2 aromatic rings. The molecule has 2 aromatic carbocycles. The van der Waals surface area contributed by atoms with Gasteiger partial charge in [0.1, 0.15) is 12.7 Å². The number of hydrogen-bond donors (Lipinski definition) is 0. The zero-order valence-electron chi connectivity index (χ0n) is 17.4. The number of hydrogen-bond acceptors (Lipinski definition) is 3. The van der Waals surface area contributed by atoms with Gasteiger partial charge in [-0.2, -0.15) is 0 Å². The maximum atomic E-state index is 5.24. The Balaban J connectivity index is 1.45. The third kappa shape index (κ3) is 3.83. The lowest BCUT2D eigenvalue weighted by molar-refractivity contribution is -0.428. The minimum absolute atomic E-state index is 0.198. The SMILES string of the molecule is CCC(c1ccc(N(C)c2ccc(C(CC)C3COO3)cc2)cc1)C1CCC1. The van der Waals surface area contributed by atoms with E-state index >= 15 is 0 Å². The van der Waals surface area contributed by atoms with Gasteiger partial charge in [0, 0.05) is 24.3 Å². The first-order valence-corrected chi connectivity index (χ1v) is 10.9. The zero-order valence-corrected chi connectivity index (χ0v) is 17.4. The predicted octanol–water partition coefficient (Wildman–Crippen LogP) is 6.57. The minimum atomic E-state index is 0.198. The minimum Gasteiger partial charge on any atom is -0.345 e. The summed E-state index contributed by atoms with van der Waals surface area (Å²) in [5.41, 5.74) is 5.29. The Hall–Kier alpha value is -1.84. The summed E-state index contributed by atoms with van der Waals surface area (Å²) in [7, 11) is 2.15. The maximum absolute atomic E-state index is 5.24.